The Morgan fingerprint density at radius 2 is 1.85 bits per heavy atom. The molecule has 6 nitrogen and oxygen atoms in total. The summed E-state index contributed by atoms with van der Waals surface area (Å²) >= 11 is 0. The first-order valence-corrected chi connectivity index (χ1v) is 10.00. The molecular formula is C21H34N3O3+. The molecule has 3 N–H and O–H groups in total. The number of likely N-dealkylation sites (N-methyl/N-ethyl adjacent to an activating group) is 1. The summed E-state index contributed by atoms with van der Waals surface area (Å²) in [5.74, 6) is 1.68. The van der Waals surface area contributed by atoms with Crippen molar-refractivity contribution in [1.29, 1.82) is 0 Å². The number of hydrogen-bond acceptors (Lipinski definition) is 3. The Hall–Kier alpha value is -2.08. The Labute approximate surface area is 162 Å². The summed E-state index contributed by atoms with van der Waals surface area (Å²) in [6, 6.07) is 7.57. The number of ether oxygens (including phenoxy) is 1. The fourth-order valence-corrected chi connectivity index (χ4v) is 3.75. The second kappa shape index (κ2) is 10.3. The topological polar surface area (TPSA) is 71.9 Å². The van der Waals surface area contributed by atoms with Gasteiger partial charge in [0.15, 0.2) is 13.1 Å². The van der Waals surface area contributed by atoms with Crippen LogP contribution in [0, 0.1) is 11.8 Å². The normalized spacial score (nSPS) is 23.3. The SMILES string of the molecule is CC[NH+](CC(=O)Nc1ccccc1OC)CC(=O)N[C@@H]1CCC[C@H](C)[C@@H]1C. The molecule has 150 valence electrons. The molecule has 2 rings (SSSR count). The zero-order chi connectivity index (χ0) is 19.8. The van der Waals surface area contributed by atoms with E-state index in [1.54, 1.807) is 19.2 Å². The summed E-state index contributed by atoms with van der Waals surface area (Å²) in [5, 5.41) is 6.07. The molecule has 0 aromatic heterocycles. The molecule has 1 fully saturated rings. The second-order valence-electron chi connectivity index (χ2n) is 7.65. The van der Waals surface area contributed by atoms with E-state index in [0.29, 0.717) is 36.4 Å². The maximum absolute atomic E-state index is 12.5. The number of amides is 2. The molecule has 0 saturated heterocycles. The van der Waals surface area contributed by atoms with E-state index in [4.69, 9.17) is 4.74 Å². The summed E-state index contributed by atoms with van der Waals surface area (Å²) < 4.78 is 5.26. The summed E-state index contributed by atoms with van der Waals surface area (Å²) in [6.07, 6.45) is 3.46. The van der Waals surface area contributed by atoms with Gasteiger partial charge in [-0.2, -0.15) is 0 Å². The molecule has 0 heterocycles. The molecule has 0 bridgehead atoms. The number of benzene rings is 1. The first-order chi connectivity index (χ1) is 12.9. The summed E-state index contributed by atoms with van der Waals surface area (Å²) in [5.41, 5.74) is 0.648. The van der Waals surface area contributed by atoms with Crippen molar-refractivity contribution < 1.29 is 19.2 Å². The lowest BCUT2D eigenvalue weighted by molar-refractivity contribution is -0.881. The lowest BCUT2D eigenvalue weighted by atomic mass is 9.78. The van der Waals surface area contributed by atoms with Crippen LogP contribution in [-0.2, 0) is 9.59 Å². The predicted octanol–water partition coefficient (Wildman–Crippen LogP) is 1.48. The molecule has 1 aromatic carbocycles. The molecule has 0 spiro atoms. The van der Waals surface area contributed by atoms with Crippen molar-refractivity contribution in [2.24, 2.45) is 11.8 Å². The Bertz CT molecular complexity index is 635. The number of carbonyl (C=O) groups is 2. The van der Waals surface area contributed by atoms with Crippen molar-refractivity contribution >= 4 is 17.5 Å². The van der Waals surface area contributed by atoms with Crippen molar-refractivity contribution in [3.63, 3.8) is 0 Å². The fourth-order valence-electron chi connectivity index (χ4n) is 3.75. The first-order valence-electron chi connectivity index (χ1n) is 10.00. The van der Waals surface area contributed by atoms with Gasteiger partial charge in [0, 0.05) is 6.04 Å². The average molecular weight is 377 g/mol. The van der Waals surface area contributed by atoms with Gasteiger partial charge in [-0.25, -0.2) is 0 Å². The molecule has 2 amide bonds. The Morgan fingerprint density at radius 3 is 2.56 bits per heavy atom. The third-order valence-corrected chi connectivity index (χ3v) is 5.76. The number of rotatable bonds is 8. The van der Waals surface area contributed by atoms with Crippen molar-refractivity contribution in [1.82, 2.24) is 5.32 Å². The smallest absolute Gasteiger partial charge is 0.279 e. The van der Waals surface area contributed by atoms with Crippen molar-refractivity contribution in [2.75, 3.05) is 32.1 Å². The van der Waals surface area contributed by atoms with Crippen molar-refractivity contribution in [3.05, 3.63) is 24.3 Å². The second-order valence-corrected chi connectivity index (χ2v) is 7.65. The van der Waals surface area contributed by atoms with Crippen LogP contribution in [0.3, 0.4) is 0 Å². The van der Waals surface area contributed by atoms with Crippen LogP contribution in [0.15, 0.2) is 24.3 Å². The van der Waals surface area contributed by atoms with Crippen LogP contribution in [0.25, 0.3) is 0 Å². The Kier molecular flexibility index (Phi) is 8.10. The highest BCUT2D eigenvalue weighted by Gasteiger charge is 2.29. The van der Waals surface area contributed by atoms with E-state index >= 15 is 0 Å². The summed E-state index contributed by atoms with van der Waals surface area (Å²) in [6.45, 7) is 7.74. The molecule has 6 heteroatoms. The minimum Gasteiger partial charge on any atom is -0.495 e. The van der Waals surface area contributed by atoms with Gasteiger partial charge in [0.1, 0.15) is 5.75 Å². The van der Waals surface area contributed by atoms with Crippen LogP contribution >= 0.6 is 0 Å². The van der Waals surface area contributed by atoms with Gasteiger partial charge in [-0.3, -0.25) is 9.59 Å². The average Bonchev–Trinajstić information content (AvgIpc) is 2.65. The van der Waals surface area contributed by atoms with Gasteiger partial charge >= 0.3 is 0 Å². The lowest BCUT2D eigenvalue weighted by Crippen LogP contribution is -3.14. The standard InChI is InChI=1S/C21H33N3O3/c1-5-24(13-20(25)22-17-11-8-9-15(2)16(17)3)14-21(26)23-18-10-6-7-12-19(18)27-4/h6-7,10,12,15-17H,5,8-9,11,13-14H2,1-4H3,(H,22,25)(H,23,26)/p+1/t15-,16-,17+/m0/s1. The van der Waals surface area contributed by atoms with Gasteiger partial charge in [-0.15, -0.1) is 0 Å². The van der Waals surface area contributed by atoms with Crippen molar-refractivity contribution in [2.45, 2.75) is 46.1 Å². The maximum Gasteiger partial charge on any atom is 0.279 e. The lowest BCUT2D eigenvalue weighted by Gasteiger charge is -2.34. The number of methoxy groups -OCH3 is 1. The van der Waals surface area contributed by atoms with E-state index in [9.17, 15) is 9.59 Å². The molecule has 1 aromatic rings. The highest BCUT2D eigenvalue weighted by atomic mass is 16.5. The van der Waals surface area contributed by atoms with E-state index in [1.165, 1.54) is 12.8 Å². The third kappa shape index (κ3) is 6.24. The molecule has 0 radical (unpaired) electrons. The van der Waals surface area contributed by atoms with Gasteiger partial charge in [-0.1, -0.05) is 38.8 Å². The number of quaternary nitrogens is 1. The van der Waals surface area contributed by atoms with E-state index in [2.05, 4.69) is 24.5 Å². The number of para-hydroxylation sites is 2. The van der Waals surface area contributed by atoms with Crippen molar-refractivity contribution in [3.8, 4) is 5.75 Å². The van der Waals surface area contributed by atoms with E-state index in [1.807, 2.05) is 19.1 Å². The molecular weight excluding hydrogens is 342 g/mol. The van der Waals surface area contributed by atoms with Gasteiger partial charge in [0.05, 0.1) is 19.3 Å². The number of nitrogens with one attached hydrogen (secondary N) is 3. The molecule has 27 heavy (non-hydrogen) atoms. The van der Waals surface area contributed by atoms with Crippen LogP contribution in [0.2, 0.25) is 0 Å². The van der Waals surface area contributed by atoms with Gasteiger partial charge < -0.3 is 20.3 Å². The van der Waals surface area contributed by atoms with Gasteiger partial charge in [0.2, 0.25) is 0 Å². The molecule has 1 aliphatic rings. The van der Waals surface area contributed by atoms with E-state index < -0.39 is 0 Å². The molecule has 0 aliphatic heterocycles. The maximum atomic E-state index is 12.5. The summed E-state index contributed by atoms with van der Waals surface area (Å²) in [4.78, 5) is 25.8. The highest BCUT2D eigenvalue weighted by molar-refractivity contribution is 5.93. The Balaban J connectivity index is 1.85. The Morgan fingerprint density at radius 1 is 1.15 bits per heavy atom. The molecule has 4 atom stereocenters. The van der Waals surface area contributed by atoms with Crippen LogP contribution in [0.5, 0.6) is 5.75 Å². The predicted molar refractivity (Wildman–Crippen MR) is 107 cm³/mol. The zero-order valence-corrected chi connectivity index (χ0v) is 17.0. The van der Waals surface area contributed by atoms with Crippen LogP contribution in [0.4, 0.5) is 5.69 Å². The monoisotopic (exact) mass is 376 g/mol. The zero-order valence-electron chi connectivity index (χ0n) is 17.0. The van der Waals surface area contributed by atoms with Crippen LogP contribution in [0.1, 0.15) is 40.0 Å². The number of anilines is 1. The minimum atomic E-state index is -0.121. The first kappa shape index (κ1) is 21.2. The van der Waals surface area contributed by atoms with E-state index in [0.717, 1.165) is 11.3 Å². The third-order valence-electron chi connectivity index (χ3n) is 5.76. The molecule has 1 aliphatic carbocycles. The highest BCUT2D eigenvalue weighted by Crippen LogP contribution is 2.29. The quantitative estimate of drug-likeness (QED) is 0.644. The van der Waals surface area contributed by atoms with Crippen LogP contribution in [-0.4, -0.2) is 44.6 Å². The summed E-state index contributed by atoms with van der Waals surface area (Å²) in [7, 11) is 1.58. The number of hydrogen-bond donors (Lipinski definition) is 3. The molecule has 1 saturated carbocycles. The van der Waals surface area contributed by atoms with E-state index in [-0.39, 0.29) is 24.4 Å². The number of carbonyl (C=O) groups excluding carboxylic acids is 2. The molecule has 1 unspecified atom stereocenters. The van der Waals surface area contributed by atoms with Gasteiger partial charge in [0.25, 0.3) is 11.8 Å². The largest absolute Gasteiger partial charge is 0.495 e. The minimum absolute atomic E-state index is 0.0305. The fraction of sp³-hybridized carbons (Fsp3) is 0.619. The van der Waals surface area contributed by atoms with Crippen LogP contribution < -0.4 is 20.3 Å². The van der Waals surface area contributed by atoms with Gasteiger partial charge in [-0.05, 0) is 37.3 Å².